The topological polar surface area (TPSA) is 68.0 Å². The van der Waals surface area contributed by atoms with Crippen molar-refractivity contribution in [3.63, 3.8) is 0 Å². The highest BCUT2D eigenvalue weighted by Crippen LogP contribution is 2.31. The second kappa shape index (κ2) is 3.84. The molecule has 1 N–H and O–H groups in total. The molecule has 1 aliphatic carbocycles. The van der Waals surface area contributed by atoms with Crippen LogP contribution in [-0.2, 0) is 0 Å². The van der Waals surface area contributed by atoms with E-state index in [1.807, 2.05) is 10.7 Å². The minimum atomic E-state index is -0.950. The van der Waals surface area contributed by atoms with E-state index in [2.05, 4.69) is 10.3 Å². The van der Waals surface area contributed by atoms with Crippen LogP contribution in [0.2, 0.25) is 0 Å². The van der Waals surface area contributed by atoms with E-state index in [-0.39, 0.29) is 5.56 Å². The average molecular weight is 231 g/mol. The average Bonchev–Trinajstić information content (AvgIpc) is 2.96. The van der Waals surface area contributed by atoms with E-state index in [1.165, 1.54) is 12.8 Å². The minimum Gasteiger partial charge on any atom is -0.478 e. The predicted molar refractivity (Wildman–Crippen MR) is 62.0 cm³/mol. The molecule has 1 aliphatic rings. The molecule has 0 saturated heterocycles. The molecule has 3 rings (SSSR count). The fourth-order valence-electron chi connectivity index (χ4n) is 2.55. The zero-order chi connectivity index (χ0) is 11.8. The molecule has 0 bridgehead atoms. The molecule has 1 saturated carbocycles. The first-order chi connectivity index (χ1) is 8.27. The maximum Gasteiger partial charge on any atom is 0.338 e. The van der Waals surface area contributed by atoms with Crippen molar-refractivity contribution in [2.45, 2.75) is 31.7 Å². The molecule has 0 unspecified atom stereocenters. The number of nitrogens with zero attached hydrogens (tertiary/aromatic N) is 3. The lowest BCUT2D eigenvalue weighted by Gasteiger charge is -2.09. The number of aromatic nitrogens is 3. The Bertz CT molecular complexity index is 570. The summed E-state index contributed by atoms with van der Waals surface area (Å²) in [7, 11) is 0. The number of carboxylic acids is 1. The molecule has 17 heavy (non-hydrogen) atoms. The van der Waals surface area contributed by atoms with Crippen LogP contribution < -0.4 is 0 Å². The third-order valence-electron chi connectivity index (χ3n) is 3.40. The molecule has 1 fully saturated rings. The van der Waals surface area contributed by atoms with Gasteiger partial charge in [-0.05, 0) is 25.0 Å². The molecule has 0 spiro atoms. The first kappa shape index (κ1) is 10.3. The number of aromatic carboxylic acids is 1. The molecular formula is C12H13N3O2. The highest BCUT2D eigenvalue weighted by atomic mass is 16.4. The monoisotopic (exact) mass is 231 g/mol. The summed E-state index contributed by atoms with van der Waals surface area (Å²) in [4.78, 5) is 11.1. The Labute approximate surface area is 98.0 Å². The Balaban J connectivity index is 2.15. The Kier molecular flexibility index (Phi) is 2.31. The number of carboxylic acid groups (broad SMARTS) is 1. The summed E-state index contributed by atoms with van der Waals surface area (Å²) in [6.45, 7) is 0. The van der Waals surface area contributed by atoms with Crippen LogP contribution in [0, 0.1) is 0 Å². The van der Waals surface area contributed by atoms with Crippen LogP contribution in [0.1, 0.15) is 42.1 Å². The van der Waals surface area contributed by atoms with Gasteiger partial charge in [-0.25, -0.2) is 9.48 Å². The zero-order valence-electron chi connectivity index (χ0n) is 9.33. The summed E-state index contributed by atoms with van der Waals surface area (Å²) in [5, 5.41) is 17.2. The van der Waals surface area contributed by atoms with E-state index < -0.39 is 5.97 Å². The summed E-state index contributed by atoms with van der Waals surface area (Å²) in [6, 6.07) is 5.59. The SMILES string of the molecule is O=C(O)c1cccc2c1nnn2C1CCCC1. The van der Waals surface area contributed by atoms with Gasteiger partial charge in [-0.15, -0.1) is 5.10 Å². The smallest absolute Gasteiger partial charge is 0.338 e. The van der Waals surface area contributed by atoms with Crippen molar-refractivity contribution in [1.29, 1.82) is 0 Å². The van der Waals surface area contributed by atoms with Gasteiger partial charge in [0.15, 0.2) is 0 Å². The van der Waals surface area contributed by atoms with Crippen molar-refractivity contribution in [1.82, 2.24) is 15.0 Å². The van der Waals surface area contributed by atoms with E-state index in [0.29, 0.717) is 11.6 Å². The maximum absolute atomic E-state index is 11.1. The molecule has 1 aromatic carbocycles. The van der Waals surface area contributed by atoms with Crippen molar-refractivity contribution in [2.75, 3.05) is 0 Å². The van der Waals surface area contributed by atoms with Gasteiger partial charge >= 0.3 is 5.97 Å². The second-order valence-corrected chi connectivity index (χ2v) is 4.45. The van der Waals surface area contributed by atoms with E-state index in [0.717, 1.165) is 18.4 Å². The molecule has 1 aromatic heterocycles. The van der Waals surface area contributed by atoms with Gasteiger partial charge in [-0.3, -0.25) is 0 Å². The van der Waals surface area contributed by atoms with Gasteiger partial charge in [0.2, 0.25) is 0 Å². The molecule has 88 valence electrons. The van der Waals surface area contributed by atoms with Crippen molar-refractivity contribution < 1.29 is 9.90 Å². The van der Waals surface area contributed by atoms with Crippen molar-refractivity contribution >= 4 is 17.0 Å². The number of fused-ring (bicyclic) bond motifs is 1. The summed E-state index contributed by atoms with van der Waals surface area (Å²) >= 11 is 0. The lowest BCUT2D eigenvalue weighted by Crippen LogP contribution is -2.06. The maximum atomic E-state index is 11.1. The largest absolute Gasteiger partial charge is 0.478 e. The number of carbonyl (C=O) groups is 1. The Morgan fingerprint density at radius 1 is 1.35 bits per heavy atom. The van der Waals surface area contributed by atoms with E-state index in [4.69, 9.17) is 5.11 Å². The van der Waals surface area contributed by atoms with Gasteiger partial charge in [-0.2, -0.15) is 0 Å². The molecule has 5 nitrogen and oxygen atoms in total. The van der Waals surface area contributed by atoms with E-state index in [9.17, 15) is 4.79 Å². The third kappa shape index (κ3) is 1.58. The van der Waals surface area contributed by atoms with Crippen LogP contribution in [-0.4, -0.2) is 26.1 Å². The summed E-state index contributed by atoms with van der Waals surface area (Å²) in [5.41, 5.74) is 1.55. The molecule has 0 aliphatic heterocycles. The van der Waals surface area contributed by atoms with Gasteiger partial charge in [0.1, 0.15) is 5.52 Å². The van der Waals surface area contributed by atoms with Gasteiger partial charge in [0.05, 0.1) is 17.1 Å². The van der Waals surface area contributed by atoms with Crippen LogP contribution in [0.4, 0.5) is 0 Å². The Morgan fingerprint density at radius 3 is 2.82 bits per heavy atom. The first-order valence-electron chi connectivity index (χ1n) is 5.84. The van der Waals surface area contributed by atoms with Crippen LogP contribution in [0.3, 0.4) is 0 Å². The predicted octanol–water partition coefficient (Wildman–Crippen LogP) is 2.24. The van der Waals surface area contributed by atoms with Gasteiger partial charge in [0.25, 0.3) is 0 Å². The van der Waals surface area contributed by atoms with Crippen LogP contribution in [0.5, 0.6) is 0 Å². The van der Waals surface area contributed by atoms with Gasteiger partial charge in [0, 0.05) is 0 Å². The Hall–Kier alpha value is -1.91. The van der Waals surface area contributed by atoms with Crippen LogP contribution in [0.25, 0.3) is 11.0 Å². The highest BCUT2D eigenvalue weighted by Gasteiger charge is 2.21. The fourth-order valence-corrected chi connectivity index (χ4v) is 2.55. The van der Waals surface area contributed by atoms with Crippen LogP contribution in [0.15, 0.2) is 18.2 Å². The Morgan fingerprint density at radius 2 is 2.12 bits per heavy atom. The first-order valence-corrected chi connectivity index (χ1v) is 5.84. The number of hydrogen-bond acceptors (Lipinski definition) is 3. The van der Waals surface area contributed by atoms with E-state index >= 15 is 0 Å². The fraction of sp³-hybridized carbons (Fsp3) is 0.417. The normalized spacial score (nSPS) is 16.7. The molecule has 2 aromatic rings. The quantitative estimate of drug-likeness (QED) is 0.860. The summed E-state index contributed by atoms with van der Waals surface area (Å²) < 4.78 is 1.88. The van der Waals surface area contributed by atoms with Crippen LogP contribution >= 0.6 is 0 Å². The minimum absolute atomic E-state index is 0.228. The van der Waals surface area contributed by atoms with E-state index in [1.54, 1.807) is 12.1 Å². The number of hydrogen-bond donors (Lipinski definition) is 1. The highest BCUT2D eigenvalue weighted by molar-refractivity contribution is 6.00. The number of benzene rings is 1. The standard InChI is InChI=1S/C12H13N3O2/c16-12(17)9-6-3-7-10-11(9)13-14-15(10)8-4-1-2-5-8/h3,6-8H,1-2,4-5H2,(H,16,17). The molecule has 0 radical (unpaired) electrons. The van der Waals surface area contributed by atoms with Crippen molar-refractivity contribution in [2.24, 2.45) is 0 Å². The molecule has 1 heterocycles. The summed E-state index contributed by atoms with van der Waals surface area (Å²) in [6.07, 6.45) is 4.64. The van der Waals surface area contributed by atoms with Gasteiger partial charge in [-0.1, -0.05) is 24.1 Å². The summed E-state index contributed by atoms with van der Waals surface area (Å²) in [5.74, 6) is -0.950. The third-order valence-corrected chi connectivity index (χ3v) is 3.40. The second-order valence-electron chi connectivity index (χ2n) is 4.45. The lowest BCUT2D eigenvalue weighted by atomic mass is 10.1. The zero-order valence-corrected chi connectivity index (χ0v) is 9.33. The molecular weight excluding hydrogens is 218 g/mol. The van der Waals surface area contributed by atoms with Gasteiger partial charge < -0.3 is 5.11 Å². The molecule has 0 amide bonds. The molecule has 0 atom stereocenters. The lowest BCUT2D eigenvalue weighted by molar-refractivity contribution is 0.0699. The number of rotatable bonds is 2. The van der Waals surface area contributed by atoms with Crippen molar-refractivity contribution in [3.8, 4) is 0 Å². The molecule has 5 heteroatoms. The van der Waals surface area contributed by atoms with Crippen molar-refractivity contribution in [3.05, 3.63) is 23.8 Å².